The fourth-order valence-electron chi connectivity index (χ4n) is 1.81. The van der Waals surface area contributed by atoms with E-state index in [0.29, 0.717) is 12.8 Å². The van der Waals surface area contributed by atoms with Crippen LogP contribution in [0.5, 0.6) is 0 Å². The van der Waals surface area contributed by atoms with Gasteiger partial charge in [0.05, 0.1) is 18.9 Å². The molecule has 0 bridgehead atoms. The molecule has 1 unspecified atom stereocenters. The lowest BCUT2D eigenvalue weighted by Gasteiger charge is -2.30. The molecule has 1 rings (SSSR count). The van der Waals surface area contributed by atoms with Crippen LogP contribution in [-0.4, -0.2) is 24.2 Å². The summed E-state index contributed by atoms with van der Waals surface area (Å²) >= 11 is 0. The number of hydrogen-bond acceptors (Lipinski definition) is 3. The summed E-state index contributed by atoms with van der Waals surface area (Å²) in [6, 6.07) is 0. The maximum Gasteiger partial charge on any atom is 0.312 e. The predicted octanol–water partition coefficient (Wildman–Crippen LogP) is 1.36. The first kappa shape index (κ1) is 10.8. The lowest BCUT2D eigenvalue weighted by Crippen LogP contribution is -2.35. The number of rotatable bonds is 3. The van der Waals surface area contributed by atoms with Gasteiger partial charge in [0.15, 0.2) is 0 Å². The normalized spacial score (nSPS) is 25.8. The maximum absolute atomic E-state index is 11.5. The monoisotopic (exact) mass is 198 g/mol. The molecule has 0 heterocycles. The van der Waals surface area contributed by atoms with Gasteiger partial charge in [-0.05, 0) is 19.3 Å². The van der Waals surface area contributed by atoms with E-state index in [-0.39, 0.29) is 6.42 Å². The van der Waals surface area contributed by atoms with Gasteiger partial charge in [-0.3, -0.25) is 9.59 Å². The summed E-state index contributed by atoms with van der Waals surface area (Å²) < 4.78 is 4.66. The highest BCUT2D eigenvalue weighted by molar-refractivity contribution is 5.83. The van der Waals surface area contributed by atoms with Crippen LogP contribution >= 0.6 is 0 Å². The minimum Gasteiger partial charge on any atom is -0.481 e. The molecular weight excluding hydrogens is 184 g/mol. The number of carbonyl (C=O) groups excluding carboxylic acids is 1. The van der Waals surface area contributed by atoms with E-state index in [9.17, 15) is 9.59 Å². The van der Waals surface area contributed by atoms with Gasteiger partial charge in [-0.2, -0.15) is 0 Å². The average molecular weight is 198 g/mol. The van der Waals surface area contributed by atoms with E-state index >= 15 is 0 Å². The summed E-state index contributed by atoms with van der Waals surface area (Å²) in [5.74, 6) is -1.37. The Morgan fingerprint density at radius 3 is 2.64 bits per heavy atom. The third-order valence-electron chi connectivity index (χ3n) is 2.57. The maximum atomic E-state index is 11.5. The second-order valence-electron chi connectivity index (χ2n) is 3.56. The lowest BCUT2D eigenvalue weighted by atomic mass is 9.74. The standard InChI is InChI=1S/C10H14O4/c1-14-9(13)10(7-8(11)12)5-3-2-4-6-10/h2-3H,4-7H2,1H3,(H,11,12). The van der Waals surface area contributed by atoms with Gasteiger partial charge >= 0.3 is 11.9 Å². The second kappa shape index (κ2) is 4.26. The van der Waals surface area contributed by atoms with Crippen LogP contribution < -0.4 is 0 Å². The number of aliphatic carboxylic acids is 1. The molecule has 1 aliphatic rings. The molecule has 4 nitrogen and oxygen atoms in total. The number of allylic oxidation sites excluding steroid dienone is 2. The molecule has 0 aliphatic heterocycles. The molecule has 0 aromatic rings. The van der Waals surface area contributed by atoms with Gasteiger partial charge in [-0.25, -0.2) is 0 Å². The van der Waals surface area contributed by atoms with Gasteiger partial charge in [-0.15, -0.1) is 0 Å². The largest absolute Gasteiger partial charge is 0.481 e. The molecule has 14 heavy (non-hydrogen) atoms. The Kier molecular flexibility index (Phi) is 3.28. The Balaban J connectivity index is 2.83. The van der Waals surface area contributed by atoms with Crippen LogP contribution in [0.3, 0.4) is 0 Å². The van der Waals surface area contributed by atoms with Crippen molar-refractivity contribution < 1.29 is 19.4 Å². The van der Waals surface area contributed by atoms with Crippen molar-refractivity contribution in [2.24, 2.45) is 5.41 Å². The summed E-state index contributed by atoms with van der Waals surface area (Å²) in [6.45, 7) is 0. The van der Waals surface area contributed by atoms with E-state index in [4.69, 9.17) is 5.11 Å². The Morgan fingerprint density at radius 1 is 1.50 bits per heavy atom. The van der Waals surface area contributed by atoms with E-state index in [0.717, 1.165) is 6.42 Å². The molecule has 0 radical (unpaired) electrons. The van der Waals surface area contributed by atoms with Gasteiger partial charge < -0.3 is 9.84 Å². The topological polar surface area (TPSA) is 63.6 Å². The molecule has 0 fully saturated rings. The van der Waals surface area contributed by atoms with Crippen LogP contribution in [-0.2, 0) is 14.3 Å². The quantitative estimate of drug-likeness (QED) is 0.549. The van der Waals surface area contributed by atoms with E-state index < -0.39 is 17.4 Å². The molecule has 1 aliphatic carbocycles. The van der Waals surface area contributed by atoms with Crippen LogP contribution in [0.2, 0.25) is 0 Å². The fourth-order valence-corrected chi connectivity index (χ4v) is 1.81. The Bertz CT molecular complexity index is 269. The van der Waals surface area contributed by atoms with Crippen LogP contribution in [0.15, 0.2) is 12.2 Å². The highest BCUT2D eigenvalue weighted by Gasteiger charge is 2.41. The summed E-state index contributed by atoms with van der Waals surface area (Å²) in [5, 5.41) is 8.74. The highest BCUT2D eigenvalue weighted by Crippen LogP contribution is 2.37. The minimum atomic E-state index is -0.953. The van der Waals surface area contributed by atoms with Crippen molar-refractivity contribution in [2.45, 2.75) is 25.7 Å². The number of ether oxygens (including phenoxy) is 1. The van der Waals surface area contributed by atoms with E-state index in [2.05, 4.69) is 4.74 Å². The van der Waals surface area contributed by atoms with Gasteiger partial charge in [-0.1, -0.05) is 12.2 Å². The van der Waals surface area contributed by atoms with Gasteiger partial charge in [0.2, 0.25) is 0 Å². The molecular formula is C10H14O4. The van der Waals surface area contributed by atoms with Crippen LogP contribution in [0.25, 0.3) is 0 Å². The van der Waals surface area contributed by atoms with Crippen LogP contribution in [0, 0.1) is 5.41 Å². The molecule has 0 spiro atoms. The summed E-state index contributed by atoms with van der Waals surface area (Å²) in [7, 11) is 1.30. The molecule has 4 heteroatoms. The Hall–Kier alpha value is -1.32. The van der Waals surface area contributed by atoms with Crippen molar-refractivity contribution in [3.8, 4) is 0 Å². The van der Waals surface area contributed by atoms with Gasteiger partial charge in [0, 0.05) is 0 Å². The summed E-state index contributed by atoms with van der Waals surface area (Å²) in [4.78, 5) is 22.2. The molecule has 0 saturated heterocycles. The third kappa shape index (κ3) is 2.13. The first-order valence-corrected chi connectivity index (χ1v) is 4.56. The van der Waals surface area contributed by atoms with E-state index in [1.165, 1.54) is 7.11 Å². The number of esters is 1. The Morgan fingerprint density at radius 2 is 2.21 bits per heavy atom. The van der Waals surface area contributed by atoms with E-state index in [1.54, 1.807) is 0 Å². The molecule has 1 N–H and O–H groups in total. The first-order chi connectivity index (χ1) is 6.60. The first-order valence-electron chi connectivity index (χ1n) is 4.56. The van der Waals surface area contributed by atoms with E-state index in [1.807, 2.05) is 12.2 Å². The Labute approximate surface area is 82.6 Å². The average Bonchev–Trinajstić information content (AvgIpc) is 2.17. The number of carboxylic acids is 1. The van der Waals surface area contributed by atoms with Gasteiger partial charge in [0.25, 0.3) is 0 Å². The van der Waals surface area contributed by atoms with Gasteiger partial charge in [0.1, 0.15) is 0 Å². The zero-order valence-electron chi connectivity index (χ0n) is 8.16. The van der Waals surface area contributed by atoms with Crippen molar-refractivity contribution in [1.82, 2.24) is 0 Å². The van der Waals surface area contributed by atoms with Crippen molar-refractivity contribution in [3.05, 3.63) is 12.2 Å². The van der Waals surface area contributed by atoms with Crippen molar-refractivity contribution >= 4 is 11.9 Å². The minimum absolute atomic E-state index is 0.149. The molecule has 0 amide bonds. The second-order valence-corrected chi connectivity index (χ2v) is 3.56. The fraction of sp³-hybridized carbons (Fsp3) is 0.600. The van der Waals surface area contributed by atoms with Crippen molar-refractivity contribution in [3.63, 3.8) is 0 Å². The van der Waals surface area contributed by atoms with Crippen molar-refractivity contribution in [2.75, 3.05) is 7.11 Å². The number of methoxy groups -OCH3 is 1. The zero-order valence-corrected chi connectivity index (χ0v) is 8.16. The number of carbonyl (C=O) groups is 2. The zero-order chi connectivity index (χ0) is 10.6. The summed E-state index contributed by atoms with van der Waals surface area (Å²) in [5.41, 5.74) is -0.838. The lowest BCUT2D eigenvalue weighted by molar-refractivity contribution is -0.159. The van der Waals surface area contributed by atoms with Crippen LogP contribution in [0.1, 0.15) is 25.7 Å². The SMILES string of the molecule is COC(=O)C1(CC(=O)O)CC=CCC1. The predicted molar refractivity (Wildman–Crippen MR) is 49.7 cm³/mol. The van der Waals surface area contributed by atoms with Crippen molar-refractivity contribution in [1.29, 1.82) is 0 Å². The molecule has 0 saturated carbocycles. The molecule has 1 atom stereocenters. The third-order valence-corrected chi connectivity index (χ3v) is 2.57. The smallest absolute Gasteiger partial charge is 0.312 e. The number of hydrogen-bond donors (Lipinski definition) is 1. The van der Waals surface area contributed by atoms with Crippen LogP contribution in [0.4, 0.5) is 0 Å². The molecule has 0 aromatic carbocycles. The number of carboxylic acid groups (broad SMARTS) is 1. The molecule has 0 aromatic heterocycles. The summed E-state index contributed by atoms with van der Waals surface area (Å²) in [6.07, 6.45) is 5.42. The highest BCUT2D eigenvalue weighted by atomic mass is 16.5. The molecule has 78 valence electrons.